The molecule has 0 aliphatic rings. The summed E-state index contributed by atoms with van der Waals surface area (Å²) in [5.41, 5.74) is 5.63. The molecule has 0 fully saturated rings. The molecule has 53 heavy (non-hydrogen) atoms. The van der Waals surface area contributed by atoms with E-state index in [1.165, 1.54) is 0 Å². The number of nitrogens with one attached hydrogen (secondary N) is 5. The van der Waals surface area contributed by atoms with Gasteiger partial charge in [0.1, 0.15) is 30.2 Å². The van der Waals surface area contributed by atoms with E-state index in [-0.39, 0.29) is 0 Å². The monoisotopic (exact) mass is 832 g/mol. The van der Waals surface area contributed by atoms with Crippen molar-refractivity contribution < 1.29 is 100 Å². The van der Waals surface area contributed by atoms with E-state index in [2.05, 4.69) is 24.2 Å². The van der Waals surface area contributed by atoms with Gasteiger partial charge in [-0.3, -0.25) is 47.1 Å². The maximum Gasteiger partial charge on any atom is 0.469 e. The van der Waals surface area contributed by atoms with Gasteiger partial charge in [0.05, 0.1) is 18.3 Å². The van der Waals surface area contributed by atoms with Crippen LogP contribution in [-0.2, 0) is 60.8 Å². The first-order valence-electron chi connectivity index (χ1n) is 14.8. The van der Waals surface area contributed by atoms with Gasteiger partial charge in [0, 0.05) is 19.9 Å². The zero-order valence-corrected chi connectivity index (χ0v) is 30.9. The van der Waals surface area contributed by atoms with Gasteiger partial charge < -0.3 is 71.9 Å². The summed E-state index contributed by atoms with van der Waals surface area (Å²) in [4.78, 5) is 143. The highest BCUT2D eigenvalue weighted by Crippen LogP contribution is 2.40. The van der Waals surface area contributed by atoms with Crippen LogP contribution in [0.15, 0.2) is 0 Å². The number of phosphoric acid groups is 3. The third-order valence-electron chi connectivity index (χ3n) is 6.62. The molecule has 0 aromatic rings. The Labute approximate surface area is 299 Å². The highest BCUT2D eigenvalue weighted by molar-refractivity contribution is 7.46. The molecule has 0 radical (unpaired) electrons. The molecule has 15 N–H and O–H groups in total. The van der Waals surface area contributed by atoms with Crippen LogP contribution in [0, 0.1) is 0 Å². The molecule has 0 saturated carbocycles. The molecule has 30 heteroatoms. The molecule has 0 aromatic carbocycles. The van der Waals surface area contributed by atoms with Crippen molar-refractivity contribution in [1.82, 2.24) is 26.6 Å². The summed E-state index contributed by atoms with van der Waals surface area (Å²) in [5, 5.41) is 28.2. The number of nitrogens with two attached hydrogens (primary N) is 1. The number of hydrogen-bond donors (Lipinski definition) is 14. The fourth-order valence-corrected chi connectivity index (χ4v) is 5.79. The Bertz CT molecular complexity index is 1480. The lowest BCUT2D eigenvalue weighted by atomic mass is 10.0. The minimum absolute atomic E-state index is 0.470. The Kier molecular flexibility index (Phi) is 20.1. The lowest BCUT2D eigenvalue weighted by Gasteiger charge is -2.31. The van der Waals surface area contributed by atoms with E-state index in [0.29, 0.717) is 0 Å². The average molecular weight is 833 g/mol. The number of carbonyl (C=O) groups is 7. The van der Waals surface area contributed by atoms with Crippen molar-refractivity contribution in [1.29, 1.82) is 0 Å². The summed E-state index contributed by atoms with van der Waals surface area (Å²) in [5.74, 6) is -9.61. The third-order valence-corrected chi connectivity index (χ3v) is 8.45. The molecular formula is C23H43N6O21P3. The van der Waals surface area contributed by atoms with Gasteiger partial charge in [-0.05, 0) is 33.6 Å². The van der Waals surface area contributed by atoms with Gasteiger partial charge in [-0.2, -0.15) is 0 Å². The van der Waals surface area contributed by atoms with E-state index in [9.17, 15) is 71.9 Å². The van der Waals surface area contributed by atoms with Crippen LogP contribution >= 0.6 is 23.5 Å². The normalized spacial score (nSPS) is 16.7. The van der Waals surface area contributed by atoms with Crippen molar-refractivity contribution in [2.24, 2.45) is 5.73 Å². The molecule has 0 spiro atoms. The molecule has 8 atom stereocenters. The summed E-state index contributed by atoms with van der Waals surface area (Å²) >= 11 is 0. The SMILES string of the molecule is CNC(=O)[C@H](CCC(=O)O)NC(=O)[C@H](CCC(=O)O)NC(=O)[C@@H](NC(=O)[C@@H](NC(=O)[C@@H](N)[C@@H](C)OP(=O)(O)O)[C@@H](C)OP(=O)(O)O)[C@@H](C)OP(=O)(O)O. The molecule has 0 bridgehead atoms. The maximum atomic E-state index is 13.5. The predicted octanol–water partition coefficient (Wildman–Crippen LogP) is -4.78. The molecule has 0 heterocycles. The third kappa shape index (κ3) is 20.6. The van der Waals surface area contributed by atoms with Gasteiger partial charge in [0.25, 0.3) is 0 Å². The van der Waals surface area contributed by atoms with Crippen molar-refractivity contribution in [2.75, 3.05) is 7.05 Å². The van der Waals surface area contributed by atoms with Gasteiger partial charge in [-0.15, -0.1) is 0 Å². The fraction of sp³-hybridized carbons (Fsp3) is 0.696. The van der Waals surface area contributed by atoms with Crippen LogP contribution in [0.3, 0.4) is 0 Å². The van der Waals surface area contributed by atoms with Crippen LogP contribution in [0.1, 0.15) is 46.5 Å². The number of phosphoric ester groups is 3. The topological polar surface area (TPSA) is 446 Å². The van der Waals surface area contributed by atoms with E-state index in [1.54, 1.807) is 0 Å². The Morgan fingerprint density at radius 3 is 1.23 bits per heavy atom. The van der Waals surface area contributed by atoms with Crippen LogP contribution in [-0.4, -0.2) is 137 Å². The summed E-state index contributed by atoms with van der Waals surface area (Å²) in [7, 11) is -15.0. The molecule has 0 aliphatic heterocycles. The lowest BCUT2D eigenvalue weighted by Crippen LogP contribution is -2.63. The zero-order valence-electron chi connectivity index (χ0n) is 28.3. The van der Waals surface area contributed by atoms with Gasteiger partial charge in [-0.25, -0.2) is 13.7 Å². The first-order chi connectivity index (χ1) is 24.0. The molecule has 306 valence electrons. The number of aliphatic carboxylic acids is 2. The molecule has 0 unspecified atom stereocenters. The number of rotatable bonds is 24. The summed E-state index contributed by atoms with van der Waals surface area (Å²) in [6.07, 6.45) is -8.49. The molecular weight excluding hydrogens is 789 g/mol. The van der Waals surface area contributed by atoms with Crippen LogP contribution < -0.4 is 32.3 Å². The first-order valence-corrected chi connectivity index (χ1v) is 19.4. The number of carbonyl (C=O) groups excluding carboxylic acids is 5. The Morgan fingerprint density at radius 2 is 0.868 bits per heavy atom. The minimum atomic E-state index is -5.49. The lowest BCUT2D eigenvalue weighted by molar-refractivity contribution is -0.140. The van der Waals surface area contributed by atoms with Crippen molar-refractivity contribution in [3.8, 4) is 0 Å². The second-order valence-corrected chi connectivity index (χ2v) is 14.6. The van der Waals surface area contributed by atoms with Gasteiger partial charge >= 0.3 is 35.4 Å². The Morgan fingerprint density at radius 1 is 0.547 bits per heavy atom. The van der Waals surface area contributed by atoms with Crippen LogP contribution in [0.5, 0.6) is 0 Å². The largest absolute Gasteiger partial charge is 0.481 e. The fourth-order valence-electron chi connectivity index (χ4n) is 4.12. The molecule has 0 aromatic heterocycles. The highest BCUT2D eigenvalue weighted by atomic mass is 31.2. The maximum absolute atomic E-state index is 13.5. The summed E-state index contributed by atoms with van der Waals surface area (Å²) in [6, 6.07) is -10.0. The quantitative estimate of drug-likeness (QED) is 0.0406. The van der Waals surface area contributed by atoms with E-state index in [1.807, 2.05) is 16.0 Å². The van der Waals surface area contributed by atoms with E-state index >= 15 is 0 Å². The molecule has 27 nitrogen and oxygen atoms in total. The predicted molar refractivity (Wildman–Crippen MR) is 171 cm³/mol. The number of hydrogen-bond acceptors (Lipinski definition) is 14. The van der Waals surface area contributed by atoms with Crippen LogP contribution in [0.2, 0.25) is 0 Å². The second-order valence-electron chi connectivity index (χ2n) is 11.0. The van der Waals surface area contributed by atoms with E-state index < -0.39 is 139 Å². The number of carboxylic acids is 2. The molecule has 0 rings (SSSR count). The smallest absolute Gasteiger partial charge is 0.469 e. The van der Waals surface area contributed by atoms with E-state index in [4.69, 9.17) is 20.6 Å². The standard InChI is InChI=1S/C23H43N6O21P3/c1-9(48-51(39,40)41)16(24)21(36)28-18(11(3)50-53(45,46)47)23(38)29-17(10(2)49-52(42,43)44)22(37)27-13(6-8-15(32)33)20(35)26-12(19(34)25-4)5-7-14(30)31/h9-13,16-18H,5-8,24H2,1-4H3,(H,25,34)(H,26,35)(H,27,37)(H,28,36)(H,29,38)(H,30,31)(H,32,33)(H2,39,40,41)(H2,42,43,44)(H2,45,46,47)/t9-,10-,11-,12+,13+,16+,17+,18+/m1/s1. The number of amides is 5. The highest BCUT2D eigenvalue weighted by Gasteiger charge is 2.40. The van der Waals surface area contributed by atoms with Crippen molar-refractivity contribution in [3.63, 3.8) is 0 Å². The summed E-state index contributed by atoms with van der Waals surface area (Å²) < 4.78 is 47.6. The van der Waals surface area contributed by atoms with Crippen LogP contribution in [0.25, 0.3) is 0 Å². The molecule has 0 aliphatic carbocycles. The van der Waals surface area contributed by atoms with Gasteiger partial charge in [0.2, 0.25) is 29.5 Å². The second kappa shape index (κ2) is 21.5. The van der Waals surface area contributed by atoms with Crippen molar-refractivity contribution >= 4 is 64.9 Å². The average Bonchev–Trinajstić information content (AvgIpc) is 2.98. The molecule has 0 saturated heterocycles. The number of likely N-dealkylation sites (N-methyl/N-ethyl adjacent to an activating group) is 1. The number of carboxylic acid groups (broad SMARTS) is 2. The zero-order chi connectivity index (χ0) is 41.6. The van der Waals surface area contributed by atoms with Crippen LogP contribution in [0.4, 0.5) is 0 Å². The Balaban J connectivity index is 6.75. The van der Waals surface area contributed by atoms with Gasteiger partial charge in [0.15, 0.2) is 0 Å². The molecule has 5 amide bonds. The summed E-state index contributed by atoms with van der Waals surface area (Å²) in [6.45, 7) is 2.55. The van der Waals surface area contributed by atoms with Gasteiger partial charge in [-0.1, -0.05) is 0 Å². The van der Waals surface area contributed by atoms with E-state index in [0.717, 1.165) is 27.8 Å². The van der Waals surface area contributed by atoms with Crippen molar-refractivity contribution in [2.45, 2.75) is 95.0 Å². The first kappa shape index (κ1) is 49.6. The Hall–Kier alpha value is -3.42. The van der Waals surface area contributed by atoms with Crippen molar-refractivity contribution in [3.05, 3.63) is 0 Å². The minimum Gasteiger partial charge on any atom is -0.481 e.